The summed E-state index contributed by atoms with van der Waals surface area (Å²) >= 11 is 0. The van der Waals surface area contributed by atoms with E-state index in [9.17, 15) is 14.4 Å². The van der Waals surface area contributed by atoms with Gasteiger partial charge < -0.3 is 5.73 Å². The molecular formula is C26H43NO3. The monoisotopic (exact) mass is 417 g/mol. The first-order valence-electron chi connectivity index (χ1n) is 11.3. The Morgan fingerprint density at radius 1 is 1.00 bits per heavy atom. The quantitative estimate of drug-likeness (QED) is 0.452. The Kier molecular flexibility index (Phi) is 13.4. The molecule has 170 valence electrons. The molecule has 0 saturated heterocycles. The van der Waals surface area contributed by atoms with Gasteiger partial charge >= 0.3 is 0 Å². The minimum atomic E-state index is -0.296. The van der Waals surface area contributed by atoms with E-state index in [4.69, 9.17) is 5.73 Å². The van der Waals surface area contributed by atoms with Crippen LogP contribution >= 0.6 is 0 Å². The van der Waals surface area contributed by atoms with E-state index in [1.165, 1.54) is 12.5 Å². The van der Waals surface area contributed by atoms with Gasteiger partial charge in [-0.3, -0.25) is 14.4 Å². The van der Waals surface area contributed by atoms with Crippen LogP contribution in [0.25, 0.3) is 0 Å². The molecule has 0 amide bonds. The van der Waals surface area contributed by atoms with Gasteiger partial charge in [0.1, 0.15) is 5.78 Å². The van der Waals surface area contributed by atoms with E-state index in [2.05, 4.69) is 26.0 Å². The maximum atomic E-state index is 11.4. The Morgan fingerprint density at radius 2 is 1.57 bits per heavy atom. The number of hydrogen-bond donors (Lipinski definition) is 1. The molecule has 1 rings (SSSR count). The maximum Gasteiger partial charge on any atom is 0.201 e. The molecular weight excluding hydrogens is 374 g/mol. The molecule has 0 aliphatic heterocycles. The predicted molar refractivity (Wildman–Crippen MR) is 125 cm³/mol. The summed E-state index contributed by atoms with van der Waals surface area (Å²) in [5.74, 6) is 0.00338. The highest BCUT2D eigenvalue weighted by molar-refractivity contribution is 6.37. The van der Waals surface area contributed by atoms with E-state index in [-0.39, 0.29) is 40.6 Å². The molecule has 0 radical (unpaired) electrons. The molecule has 4 heteroatoms. The van der Waals surface area contributed by atoms with Gasteiger partial charge in [0.25, 0.3) is 0 Å². The van der Waals surface area contributed by atoms with Crippen molar-refractivity contribution in [2.45, 2.75) is 92.5 Å². The predicted octanol–water partition coefficient (Wildman–Crippen LogP) is 5.56. The largest absolute Gasteiger partial charge is 0.325 e. The van der Waals surface area contributed by atoms with E-state index < -0.39 is 0 Å². The van der Waals surface area contributed by atoms with E-state index in [1.807, 2.05) is 39.0 Å². The van der Waals surface area contributed by atoms with Crippen molar-refractivity contribution in [1.29, 1.82) is 0 Å². The zero-order valence-electron chi connectivity index (χ0n) is 20.2. The molecule has 0 spiro atoms. The second-order valence-electron chi connectivity index (χ2n) is 9.01. The van der Waals surface area contributed by atoms with Gasteiger partial charge in [0.15, 0.2) is 5.78 Å². The summed E-state index contributed by atoms with van der Waals surface area (Å²) in [4.78, 5) is 33.7. The number of ketones is 3. The summed E-state index contributed by atoms with van der Waals surface area (Å²) in [6.07, 6.45) is 5.44. The minimum absolute atomic E-state index is 0.0451. The van der Waals surface area contributed by atoms with Crippen LogP contribution in [0.15, 0.2) is 30.3 Å². The molecule has 0 aromatic heterocycles. The van der Waals surface area contributed by atoms with Crippen molar-refractivity contribution in [2.24, 2.45) is 23.5 Å². The molecule has 1 aromatic rings. The highest BCUT2D eigenvalue weighted by atomic mass is 16.2. The number of carbonyl (C=O) groups excluding carboxylic acids is 3. The third kappa shape index (κ3) is 10.8. The van der Waals surface area contributed by atoms with E-state index in [0.29, 0.717) is 0 Å². The third-order valence-corrected chi connectivity index (χ3v) is 5.87. The Bertz CT molecular complexity index is 654. The van der Waals surface area contributed by atoms with Crippen LogP contribution in [0, 0.1) is 17.8 Å². The van der Waals surface area contributed by atoms with Gasteiger partial charge in [0.2, 0.25) is 5.78 Å². The van der Waals surface area contributed by atoms with Crippen molar-refractivity contribution in [2.75, 3.05) is 0 Å². The van der Waals surface area contributed by atoms with Crippen LogP contribution in [0.4, 0.5) is 0 Å². The number of unbranched alkanes of at least 4 members (excludes halogenated alkanes) is 1. The zero-order chi connectivity index (χ0) is 23.3. The van der Waals surface area contributed by atoms with Crippen molar-refractivity contribution >= 4 is 17.3 Å². The van der Waals surface area contributed by atoms with Crippen LogP contribution in [0.2, 0.25) is 0 Å². The molecule has 3 unspecified atom stereocenters. The lowest BCUT2D eigenvalue weighted by molar-refractivity contribution is -0.138. The number of Topliss-reactive ketones (excluding diaryl/α,β-unsaturated/α-hetero) is 3. The Hall–Kier alpha value is -1.81. The lowest BCUT2D eigenvalue weighted by Gasteiger charge is -2.30. The van der Waals surface area contributed by atoms with Crippen molar-refractivity contribution in [1.82, 2.24) is 0 Å². The van der Waals surface area contributed by atoms with Gasteiger partial charge in [-0.15, -0.1) is 0 Å². The fourth-order valence-corrected chi connectivity index (χ4v) is 3.55. The van der Waals surface area contributed by atoms with Crippen molar-refractivity contribution < 1.29 is 14.4 Å². The topological polar surface area (TPSA) is 77.2 Å². The number of carbonyl (C=O) groups is 3. The molecule has 0 heterocycles. The number of nitrogens with two attached hydrogens (primary N) is 1. The zero-order valence-corrected chi connectivity index (χ0v) is 20.2. The highest BCUT2D eigenvalue weighted by Crippen LogP contribution is 2.23. The minimum Gasteiger partial charge on any atom is -0.325 e. The van der Waals surface area contributed by atoms with E-state index in [0.717, 1.165) is 38.5 Å². The van der Waals surface area contributed by atoms with Crippen LogP contribution in [0.1, 0.15) is 86.1 Å². The fourth-order valence-electron chi connectivity index (χ4n) is 3.55. The van der Waals surface area contributed by atoms with Gasteiger partial charge in [-0.2, -0.15) is 0 Å². The van der Waals surface area contributed by atoms with Crippen LogP contribution in [-0.4, -0.2) is 22.9 Å². The van der Waals surface area contributed by atoms with E-state index >= 15 is 0 Å². The van der Waals surface area contributed by atoms with Gasteiger partial charge in [0.05, 0.1) is 0 Å². The summed E-state index contributed by atoms with van der Waals surface area (Å²) in [5.41, 5.74) is 7.39. The van der Waals surface area contributed by atoms with Crippen LogP contribution in [0.5, 0.6) is 0 Å². The number of rotatable bonds is 12. The molecule has 0 aliphatic rings. The van der Waals surface area contributed by atoms with E-state index in [1.54, 1.807) is 6.92 Å². The average molecular weight is 418 g/mol. The SMILES string of the molecule is CCC(N)(Cc1ccccc1)CC(C)C(C)=O.CCCCC(C(=O)C(C)=O)C(C)C. The summed E-state index contributed by atoms with van der Waals surface area (Å²) < 4.78 is 0. The number of benzene rings is 1. The molecule has 2 N–H and O–H groups in total. The molecule has 0 fully saturated rings. The molecule has 3 atom stereocenters. The molecule has 0 bridgehead atoms. The van der Waals surface area contributed by atoms with Gasteiger partial charge in [0, 0.05) is 24.3 Å². The molecule has 0 saturated carbocycles. The standard InChI is InChI=1S/C15H23NO.C11H20O2/c1-4-15(16,10-12(2)13(3)17)11-14-8-6-5-7-9-14;1-5-6-7-10(8(2)3)11(13)9(4)12/h5-9,12H,4,10-11,16H2,1-3H3;8,10H,5-7H2,1-4H3. The first kappa shape index (κ1) is 28.2. The van der Waals surface area contributed by atoms with Crippen LogP contribution in [0.3, 0.4) is 0 Å². The van der Waals surface area contributed by atoms with Crippen LogP contribution < -0.4 is 5.73 Å². The Morgan fingerprint density at radius 3 is 1.97 bits per heavy atom. The fraction of sp³-hybridized carbons (Fsp3) is 0.654. The first-order valence-corrected chi connectivity index (χ1v) is 11.3. The second-order valence-corrected chi connectivity index (χ2v) is 9.01. The average Bonchev–Trinajstić information content (AvgIpc) is 2.68. The summed E-state index contributed by atoms with van der Waals surface area (Å²) in [7, 11) is 0. The summed E-state index contributed by atoms with van der Waals surface area (Å²) in [6, 6.07) is 10.2. The molecule has 0 aliphatic carbocycles. The molecule has 1 aromatic carbocycles. The van der Waals surface area contributed by atoms with Gasteiger partial charge in [-0.25, -0.2) is 0 Å². The Balaban J connectivity index is 0.000000584. The van der Waals surface area contributed by atoms with Crippen molar-refractivity contribution in [3.8, 4) is 0 Å². The normalized spacial score (nSPS) is 14.8. The third-order valence-electron chi connectivity index (χ3n) is 5.87. The van der Waals surface area contributed by atoms with Crippen molar-refractivity contribution in [3.05, 3.63) is 35.9 Å². The maximum absolute atomic E-state index is 11.4. The second kappa shape index (κ2) is 14.2. The molecule has 4 nitrogen and oxygen atoms in total. The van der Waals surface area contributed by atoms with Gasteiger partial charge in [-0.05, 0) is 44.1 Å². The van der Waals surface area contributed by atoms with Crippen molar-refractivity contribution in [3.63, 3.8) is 0 Å². The lowest BCUT2D eigenvalue weighted by Crippen LogP contribution is -2.43. The first-order chi connectivity index (χ1) is 14.0. The lowest BCUT2D eigenvalue weighted by atomic mass is 9.80. The molecule has 30 heavy (non-hydrogen) atoms. The summed E-state index contributed by atoms with van der Waals surface area (Å²) in [6.45, 7) is 13.2. The van der Waals surface area contributed by atoms with Crippen LogP contribution in [-0.2, 0) is 20.8 Å². The Labute approximate surface area is 184 Å². The van der Waals surface area contributed by atoms with Gasteiger partial charge in [-0.1, -0.05) is 77.8 Å². The summed E-state index contributed by atoms with van der Waals surface area (Å²) in [5, 5.41) is 0. The number of hydrogen-bond acceptors (Lipinski definition) is 4. The highest BCUT2D eigenvalue weighted by Gasteiger charge is 2.27. The smallest absolute Gasteiger partial charge is 0.201 e.